The quantitative estimate of drug-likeness (QED) is 0.188. The molecule has 13 heteroatoms. The molecule has 44 heavy (non-hydrogen) atoms. The third-order valence-electron chi connectivity index (χ3n) is 6.55. The second-order valence-corrected chi connectivity index (χ2v) is 9.68. The maximum atomic E-state index is 14.6. The minimum absolute atomic E-state index is 0.0487. The molecule has 0 aliphatic carbocycles. The lowest BCUT2D eigenvalue weighted by Gasteiger charge is -2.43. The number of carbonyl (C=O) groups excluding carboxylic acids is 2. The van der Waals surface area contributed by atoms with Crippen molar-refractivity contribution in [1.29, 1.82) is 0 Å². The van der Waals surface area contributed by atoms with Crippen LogP contribution in [0.4, 0.5) is 33.1 Å². The number of hydrogen-bond donors (Lipinski definition) is 5. The first-order valence-electron chi connectivity index (χ1n) is 13.7. The summed E-state index contributed by atoms with van der Waals surface area (Å²) in [6.45, 7) is 3.48. The average Bonchev–Trinajstić information content (AvgIpc) is 2.99. The minimum Gasteiger partial charge on any atom is -0.439 e. The number of aliphatic hydroxyl groups excluding tert-OH is 2. The van der Waals surface area contributed by atoms with E-state index >= 15 is 0 Å². The number of rotatable bonds is 9. The van der Waals surface area contributed by atoms with Gasteiger partial charge in [0.1, 0.15) is 11.6 Å². The molecule has 1 aliphatic heterocycles. The fourth-order valence-electron chi connectivity index (χ4n) is 4.49. The molecule has 0 radical (unpaired) electrons. The Labute approximate surface area is 252 Å². The summed E-state index contributed by atoms with van der Waals surface area (Å²) in [6.07, 6.45) is -0.107. The molecule has 0 saturated heterocycles. The summed E-state index contributed by atoms with van der Waals surface area (Å²) < 4.78 is 20.4. The molecule has 2 amide bonds. The van der Waals surface area contributed by atoms with E-state index in [0.29, 0.717) is 29.4 Å². The number of amides is 2. The summed E-state index contributed by atoms with van der Waals surface area (Å²) in [5.74, 6) is -0.491. The lowest BCUT2D eigenvalue weighted by Crippen LogP contribution is -2.57. The number of benzene rings is 3. The zero-order valence-corrected chi connectivity index (χ0v) is 23.8. The Morgan fingerprint density at radius 1 is 0.955 bits per heavy atom. The first-order valence-corrected chi connectivity index (χ1v) is 13.7. The molecule has 0 fully saturated rings. The fraction of sp³-hybridized carbons (Fsp3) is 0.161. The first-order chi connectivity index (χ1) is 21.2. The lowest BCUT2D eigenvalue weighted by atomic mass is 10.1. The van der Waals surface area contributed by atoms with E-state index in [2.05, 4.69) is 25.9 Å². The number of hydrogen-bond acceptors (Lipinski definition) is 10. The third kappa shape index (κ3) is 6.91. The zero-order valence-electron chi connectivity index (χ0n) is 23.8. The lowest BCUT2D eigenvalue weighted by molar-refractivity contribution is -0.115. The smallest absolute Gasteiger partial charge is 0.257 e. The summed E-state index contributed by atoms with van der Waals surface area (Å²) in [6, 6.07) is 20.8. The van der Waals surface area contributed by atoms with Crippen LogP contribution >= 0.6 is 0 Å². The van der Waals surface area contributed by atoms with Crippen LogP contribution in [0.5, 0.6) is 11.6 Å². The summed E-state index contributed by atoms with van der Waals surface area (Å²) in [5, 5.41) is 30.3. The number of carbonyl (C=O) groups is 2. The van der Waals surface area contributed by atoms with Crippen LogP contribution in [0.15, 0.2) is 96.8 Å². The molecule has 2 unspecified atom stereocenters. The van der Waals surface area contributed by atoms with Crippen molar-refractivity contribution >= 4 is 40.5 Å². The highest BCUT2D eigenvalue weighted by molar-refractivity contribution is 6.05. The van der Waals surface area contributed by atoms with Gasteiger partial charge in [-0.3, -0.25) is 14.5 Å². The number of halogens is 1. The number of nitrogens with one attached hydrogen (secondary N) is 3. The zero-order chi connectivity index (χ0) is 31.2. The van der Waals surface area contributed by atoms with Gasteiger partial charge in [0.25, 0.3) is 5.91 Å². The number of ether oxygens (including phenoxy) is 1. The van der Waals surface area contributed by atoms with Crippen LogP contribution in [0.1, 0.15) is 13.8 Å². The molecule has 2 atom stereocenters. The van der Waals surface area contributed by atoms with Gasteiger partial charge in [-0.2, -0.15) is 4.98 Å². The van der Waals surface area contributed by atoms with Gasteiger partial charge in [0.15, 0.2) is 6.23 Å². The predicted molar refractivity (Wildman–Crippen MR) is 163 cm³/mol. The van der Waals surface area contributed by atoms with E-state index in [1.807, 2.05) is 0 Å². The van der Waals surface area contributed by atoms with E-state index in [9.17, 15) is 24.2 Å². The number of aromatic nitrogens is 2. The largest absolute Gasteiger partial charge is 0.439 e. The Bertz CT molecular complexity index is 1680. The minimum atomic E-state index is -1.61. The summed E-state index contributed by atoms with van der Waals surface area (Å²) in [5.41, 5.74) is 1.57. The molecule has 0 spiro atoms. The Hall–Kier alpha value is -5.53. The van der Waals surface area contributed by atoms with Gasteiger partial charge in [-0.25, -0.2) is 9.37 Å². The van der Waals surface area contributed by atoms with Crippen molar-refractivity contribution in [3.05, 3.63) is 103 Å². The SMILES string of the molecule is CCN1C=C(C(=O)Nc2ccc(Oc3ccnc(Nc4cccc(NC(C)=O)c4)n3)cc2)C(O)N(c2ccccc2F)C1O. The van der Waals surface area contributed by atoms with Crippen LogP contribution in [0.25, 0.3) is 0 Å². The molecule has 0 bridgehead atoms. The van der Waals surface area contributed by atoms with Crippen molar-refractivity contribution in [1.82, 2.24) is 14.9 Å². The average molecular weight is 600 g/mol. The van der Waals surface area contributed by atoms with E-state index in [-0.39, 0.29) is 29.0 Å². The Kier molecular flexibility index (Phi) is 8.98. The van der Waals surface area contributed by atoms with Crippen LogP contribution in [-0.2, 0) is 9.59 Å². The highest BCUT2D eigenvalue weighted by Crippen LogP contribution is 2.31. The highest BCUT2D eigenvalue weighted by atomic mass is 19.1. The molecule has 226 valence electrons. The molecular weight excluding hydrogens is 569 g/mol. The molecule has 4 aromatic rings. The molecule has 5 N–H and O–H groups in total. The number of para-hydroxylation sites is 1. The molecule has 0 saturated carbocycles. The van der Waals surface area contributed by atoms with Crippen LogP contribution in [0.3, 0.4) is 0 Å². The van der Waals surface area contributed by atoms with E-state index in [1.165, 1.54) is 42.4 Å². The molecule has 1 aliphatic rings. The van der Waals surface area contributed by atoms with Gasteiger partial charge in [-0.1, -0.05) is 18.2 Å². The van der Waals surface area contributed by atoms with E-state index in [0.717, 1.165) is 4.90 Å². The number of anilines is 5. The van der Waals surface area contributed by atoms with Gasteiger partial charge in [0.2, 0.25) is 24.1 Å². The summed E-state index contributed by atoms with van der Waals surface area (Å²) >= 11 is 0. The van der Waals surface area contributed by atoms with Crippen molar-refractivity contribution in [2.45, 2.75) is 26.4 Å². The van der Waals surface area contributed by atoms with Crippen LogP contribution in [0, 0.1) is 5.82 Å². The number of aliphatic hydroxyl groups is 2. The van der Waals surface area contributed by atoms with Crippen molar-refractivity contribution in [2.75, 3.05) is 27.4 Å². The van der Waals surface area contributed by atoms with Gasteiger partial charge in [-0.05, 0) is 61.5 Å². The molecule has 5 rings (SSSR count). The van der Waals surface area contributed by atoms with Crippen molar-refractivity contribution in [2.24, 2.45) is 0 Å². The predicted octanol–water partition coefficient (Wildman–Crippen LogP) is 4.37. The normalized spacial score (nSPS) is 16.2. The van der Waals surface area contributed by atoms with E-state index in [1.54, 1.807) is 67.6 Å². The summed E-state index contributed by atoms with van der Waals surface area (Å²) in [4.78, 5) is 35.6. The molecule has 3 aromatic carbocycles. The van der Waals surface area contributed by atoms with Gasteiger partial charge in [-0.15, -0.1) is 0 Å². The Morgan fingerprint density at radius 3 is 2.43 bits per heavy atom. The third-order valence-corrected chi connectivity index (χ3v) is 6.55. The van der Waals surface area contributed by atoms with Gasteiger partial charge >= 0.3 is 0 Å². The van der Waals surface area contributed by atoms with Crippen LogP contribution in [0.2, 0.25) is 0 Å². The van der Waals surface area contributed by atoms with Crippen molar-refractivity contribution in [3.63, 3.8) is 0 Å². The highest BCUT2D eigenvalue weighted by Gasteiger charge is 2.38. The van der Waals surface area contributed by atoms with Crippen molar-refractivity contribution < 1.29 is 28.9 Å². The van der Waals surface area contributed by atoms with Crippen molar-refractivity contribution in [3.8, 4) is 11.6 Å². The maximum absolute atomic E-state index is 14.6. The number of nitrogens with zero attached hydrogens (tertiary/aromatic N) is 4. The van der Waals surface area contributed by atoms with E-state index in [4.69, 9.17) is 4.74 Å². The fourth-order valence-corrected chi connectivity index (χ4v) is 4.49. The standard InChI is InChI=1S/C31H30FN7O5/c1-3-38-18-24(29(42)39(31(38)43)26-10-5-4-9-25(26)32)28(41)35-20-11-13-23(14-12-20)44-27-15-16-33-30(37-27)36-22-8-6-7-21(17-22)34-19(2)40/h4-18,29,31,42-43H,3H2,1-2H3,(H,34,40)(H,35,41)(H,33,36,37). The molecule has 1 aromatic heterocycles. The maximum Gasteiger partial charge on any atom is 0.257 e. The second kappa shape index (κ2) is 13.2. The Morgan fingerprint density at radius 2 is 1.70 bits per heavy atom. The second-order valence-electron chi connectivity index (χ2n) is 9.68. The van der Waals surface area contributed by atoms with Crippen LogP contribution < -0.4 is 25.6 Å². The van der Waals surface area contributed by atoms with Gasteiger partial charge in [0, 0.05) is 49.0 Å². The molecule has 12 nitrogen and oxygen atoms in total. The first kappa shape index (κ1) is 29.9. The monoisotopic (exact) mass is 599 g/mol. The topological polar surface area (TPSA) is 152 Å². The van der Waals surface area contributed by atoms with E-state index < -0.39 is 24.3 Å². The summed E-state index contributed by atoms with van der Waals surface area (Å²) in [7, 11) is 0. The van der Waals surface area contributed by atoms with Gasteiger partial charge < -0.3 is 35.8 Å². The Balaban J connectivity index is 1.25. The van der Waals surface area contributed by atoms with Crippen LogP contribution in [-0.4, -0.2) is 56.0 Å². The van der Waals surface area contributed by atoms with Gasteiger partial charge in [0.05, 0.1) is 11.3 Å². The molecular formula is C31H30FN7O5. The molecule has 2 heterocycles.